The maximum atomic E-state index is 12.9. The van der Waals surface area contributed by atoms with E-state index in [4.69, 9.17) is 0 Å². The van der Waals surface area contributed by atoms with Gasteiger partial charge in [-0.3, -0.25) is 9.59 Å². The lowest BCUT2D eigenvalue weighted by atomic mass is 9.84. The second-order valence-electron chi connectivity index (χ2n) is 7.18. The first kappa shape index (κ1) is 18.5. The zero-order valence-electron chi connectivity index (χ0n) is 15.2. The summed E-state index contributed by atoms with van der Waals surface area (Å²) in [6.07, 6.45) is 5.87. The van der Waals surface area contributed by atoms with Gasteiger partial charge >= 0.3 is 0 Å². The maximum absolute atomic E-state index is 12.9. The number of carbonyl (C=O) groups is 2. The van der Waals surface area contributed by atoms with Gasteiger partial charge in [0.1, 0.15) is 11.2 Å². The number of carbonyl (C=O) groups excluding carboxylic acids is 2. The minimum Gasteiger partial charge on any atom is -0.341 e. The predicted molar refractivity (Wildman–Crippen MR) is 97.3 cm³/mol. The SMILES string of the molecule is BC(=O)C(C)(C)NC(=O)c1cc2c(n(CCCC)c1=O)CCCC2. The summed E-state index contributed by atoms with van der Waals surface area (Å²) in [4.78, 5) is 37.1. The van der Waals surface area contributed by atoms with Crippen LogP contribution in [-0.4, -0.2) is 29.5 Å². The third-order valence-corrected chi connectivity index (χ3v) is 4.89. The van der Waals surface area contributed by atoms with Gasteiger partial charge in [-0.15, -0.1) is 0 Å². The summed E-state index contributed by atoms with van der Waals surface area (Å²) in [5.41, 5.74) is 0.986. The van der Waals surface area contributed by atoms with Crippen LogP contribution in [0.2, 0.25) is 0 Å². The van der Waals surface area contributed by atoms with Crippen molar-refractivity contribution >= 4 is 19.4 Å². The third-order valence-electron chi connectivity index (χ3n) is 4.89. The van der Waals surface area contributed by atoms with Gasteiger partial charge in [-0.25, -0.2) is 0 Å². The molecule has 2 rings (SSSR count). The first-order chi connectivity index (χ1) is 11.3. The Labute approximate surface area is 144 Å². The van der Waals surface area contributed by atoms with Crippen molar-refractivity contribution in [2.24, 2.45) is 0 Å². The van der Waals surface area contributed by atoms with Crippen LogP contribution in [0.15, 0.2) is 10.9 Å². The topological polar surface area (TPSA) is 68.2 Å². The van der Waals surface area contributed by atoms with Crippen LogP contribution in [0.1, 0.15) is 68.1 Å². The molecule has 1 aromatic heterocycles. The molecule has 1 aliphatic rings. The van der Waals surface area contributed by atoms with Crippen molar-refractivity contribution in [2.75, 3.05) is 0 Å². The molecule has 1 aliphatic carbocycles. The van der Waals surface area contributed by atoms with Crippen LogP contribution in [0.3, 0.4) is 0 Å². The van der Waals surface area contributed by atoms with E-state index in [1.807, 2.05) is 0 Å². The van der Waals surface area contributed by atoms with Crippen molar-refractivity contribution < 1.29 is 9.59 Å². The van der Waals surface area contributed by atoms with Crippen LogP contribution in [0.25, 0.3) is 0 Å². The van der Waals surface area contributed by atoms with E-state index < -0.39 is 11.4 Å². The molecule has 1 amide bonds. The number of fused-ring (bicyclic) bond motifs is 1. The number of nitrogens with zero attached hydrogens (tertiary/aromatic N) is 1. The summed E-state index contributed by atoms with van der Waals surface area (Å²) in [7, 11) is 1.44. The number of unbranched alkanes of at least 4 members (excludes halogenated alkanes) is 1. The molecule has 1 aromatic rings. The van der Waals surface area contributed by atoms with Gasteiger partial charge in [-0.1, -0.05) is 13.3 Å². The molecule has 0 aliphatic heterocycles. The highest BCUT2D eigenvalue weighted by Gasteiger charge is 2.28. The quantitative estimate of drug-likeness (QED) is 0.797. The van der Waals surface area contributed by atoms with Gasteiger partial charge in [0.05, 0.1) is 5.54 Å². The Morgan fingerprint density at radius 2 is 1.96 bits per heavy atom. The molecular formula is C18H27BN2O3. The molecule has 24 heavy (non-hydrogen) atoms. The first-order valence-corrected chi connectivity index (χ1v) is 8.87. The fraction of sp³-hybridized carbons (Fsp3) is 0.611. The van der Waals surface area contributed by atoms with Crippen molar-refractivity contribution in [1.82, 2.24) is 9.88 Å². The highest BCUT2D eigenvalue weighted by Crippen LogP contribution is 2.21. The molecule has 1 heterocycles. The number of pyridine rings is 1. The Bertz CT molecular complexity index is 707. The third kappa shape index (κ3) is 3.79. The molecule has 0 aromatic carbocycles. The van der Waals surface area contributed by atoms with Gasteiger partial charge in [0.15, 0.2) is 7.85 Å². The Morgan fingerprint density at radius 3 is 2.58 bits per heavy atom. The van der Waals surface area contributed by atoms with Crippen LogP contribution in [0.5, 0.6) is 0 Å². The minimum absolute atomic E-state index is 0.139. The summed E-state index contributed by atoms with van der Waals surface area (Å²) < 4.78 is 1.79. The molecule has 0 spiro atoms. The summed E-state index contributed by atoms with van der Waals surface area (Å²) in [6.45, 7) is 6.04. The van der Waals surface area contributed by atoms with Crippen LogP contribution < -0.4 is 10.9 Å². The van der Waals surface area contributed by atoms with Gasteiger partial charge in [0.2, 0.25) is 0 Å². The number of hydrogen-bond acceptors (Lipinski definition) is 3. The zero-order valence-corrected chi connectivity index (χ0v) is 15.2. The molecule has 0 unspecified atom stereocenters. The Balaban J connectivity index is 2.45. The van der Waals surface area contributed by atoms with Crippen molar-refractivity contribution in [3.05, 3.63) is 33.2 Å². The lowest BCUT2D eigenvalue weighted by Crippen LogP contribution is -2.51. The highest BCUT2D eigenvalue weighted by molar-refractivity contribution is 6.60. The Hall–Kier alpha value is -1.85. The highest BCUT2D eigenvalue weighted by atomic mass is 16.2. The molecular weight excluding hydrogens is 303 g/mol. The summed E-state index contributed by atoms with van der Waals surface area (Å²) in [5, 5.41) is 2.70. The van der Waals surface area contributed by atoms with Crippen molar-refractivity contribution in [1.29, 1.82) is 0 Å². The van der Waals surface area contributed by atoms with Crippen LogP contribution in [-0.2, 0) is 24.2 Å². The molecule has 1 N–H and O–H groups in total. The van der Waals surface area contributed by atoms with Crippen LogP contribution in [0, 0.1) is 0 Å². The van der Waals surface area contributed by atoms with E-state index in [0.29, 0.717) is 6.54 Å². The predicted octanol–water partition coefficient (Wildman–Crippen LogP) is 1.20. The number of nitrogens with one attached hydrogen (secondary N) is 1. The second-order valence-corrected chi connectivity index (χ2v) is 7.18. The number of aryl methyl sites for hydroxylation is 1. The van der Waals surface area contributed by atoms with E-state index in [1.165, 1.54) is 7.85 Å². The Morgan fingerprint density at radius 1 is 1.29 bits per heavy atom. The summed E-state index contributed by atoms with van der Waals surface area (Å²) in [6, 6.07) is 1.74. The lowest BCUT2D eigenvalue weighted by molar-refractivity contribution is -0.116. The van der Waals surface area contributed by atoms with Crippen molar-refractivity contribution in [2.45, 2.75) is 71.4 Å². The van der Waals surface area contributed by atoms with Gasteiger partial charge in [-0.05, 0) is 57.6 Å². The molecule has 6 heteroatoms. The smallest absolute Gasteiger partial charge is 0.263 e. The lowest BCUT2D eigenvalue weighted by Gasteiger charge is -2.25. The van der Waals surface area contributed by atoms with Crippen molar-refractivity contribution in [3.63, 3.8) is 0 Å². The molecule has 130 valence electrons. The van der Waals surface area contributed by atoms with E-state index >= 15 is 0 Å². The fourth-order valence-electron chi connectivity index (χ4n) is 3.04. The standard InChI is InChI=1S/C18H27BN2O3/c1-4-5-10-21-14-9-7-6-8-12(14)11-13(16(21)23)15(22)20-18(2,3)17(19)24/h11H,4-10,19H2,1-3H3,(H,20,22). The van der Waals surface area contributed by atoms with Gasteiger partial charge < -0.3 is 14.7 Å². The molecule has 0 radical (unpaired) electrons. The average Bonchev–Trinajstić information content (AvgIpc) is 2.53. The molecule has 0 bridgehead atoms. The zero-order chi connectivity index (χ0) is 17.9. The Kier molecular flexibility index (Phi) is 5.68. The normalized spacial score (nSPS) is 14.1. The van der Waals surface area contributed by atoms with E-state index in [9.17, 15) is 14.4 Å². The van der Waals surface area contributed by atoms with Gasteiger partial charge in [0.25, 0.3) is 11.5 Å². The van der Waals surface area contributed by atoms with Crippen LogP contribution >= 0.6 is 0 Å². The summed E-state index contributed by atoms with van der Waals surface area (Å²) >= 11 is 0. The molecule has 0 saturated carbocycles. The first-order valence-electron chi connectivity index (χ1n) is 8.87. The maximum Gasteiger partial charge on any atom is 0.263 e. The molecule has 0 saturated heterocycles. The average molecular weight is 330 g/mol. The van der Waals surface area contributed by atoms with Gasteiger partial charge in [0, 0.05) is 12.2 Å². The fourth-order valence-corrected chi connectivity index (χ4v) is 3.04. The number of hydrogen-bond donors (Lipinski definition) is 1. The van der Waals surface area contributed by atoms with E-state index in [1.54, 1.807) is 24.5 Å². The second kappa shape index (κ2) is 7.37. The molecule has 5 nitrogen and oxygen atoms in total. The van der Waals surface area contributed by atoms with Crippen molar-refractivity contribution in [3.8, 4) is 0 Å². The van der Waals surface area contributed by atoms with Gasteiger partial charge in [-0.2, -0.15) is 0 Å². The van der Waals surface area contributed by atoms with E-state index in [2.05, 4.69) is 12.2 Å². The molecule has 0 fully saturated rings. The molecule has 0 atom stereocenters. The minimum atomic E-state index is -0.978. The number of amides is 1. The van der Waals surface area contributed by atoms with Crippen LogP contribution in [0.4, 0.5) is 0 Å². The van der Waals surface area contributed by atoms with E-state index in [-0.39, 0.29) is 16.8 Å². The largest absolute Gasteiger partial charge is 0.341 e. The summed E-state index contributed by atoms with van der Waals surface area (Å²) in [5.74, 6) is -0.459. The number of aromatic nitrogens is 1. The van der Waals surface area contributed by atoms with E-state index in [0.717, 1.165) is 49.8 Å². The number of rotatable bonds is 6. The monoisotopic (exact) mass is 330 g/mol.